The fourth-order valence-electron chi connectivity index (χ4n) is 13.8. The smallest absolute Gasteiger partial charge is 0.410 e. The number of amides is 1. The maximum Gasteiger partial charge on any atom is 0.410 e. The summed E-state index contributed by atoms with van der Waals surface area (Å²) in [5, 5.41) is 24.0. The molecule has 0 unspecified atom stereocenters. The van der Waals surface area contributed by atoms with Gasteiger partial charge in [0.2, 0.25) is 0 Å². The quantitative estimate of drug-likeness (QED) is 0.406. The van der Waals surface area contributed by atoms with Gasteiger partial charge in [-0.05, 0) is 111 Å². The zero-order valence-electron chi connectivity index (χ0n) is 30.7. The Morgan fingerprint density at radius 2 is 1.69 bits per heavy atom. The molecule has 5 aliphatic carbocycles. The molecule has 1 aromatic heterocycles. The largest absolute Gasteiger partial charge is 0.454 e. The van der Waals surface area contributed by atoms with E-state index in [1.807, 2.05) is 4.90 Å². The molecule has 8 rings (SSSR count). The minimum atomic E-state index is -1.20. The summed E-state index contributed by atoms with van der Waals surface area (Å²) in [6, 6.07) is 1.96. The third-order valence-electron chi connectivity index (χ3n) is 16.1. The summed E-state index contributed by atoms with van der Waals surface area (Å²) in [5.41, 5.74) is -1.23. The highest BCUT2D eigenvalue weighted by molar-refractivity contribution is 5.68. The van der Waals surface area contributed by atoms with Crippen molar-refractivity contribution in [2.45, 2.75) is 136 Å². The van der Waals surface area contributed by atoms with Crippen LogP contribution in [0, 0.1) is 50.7 Å². The lowest BCUT2D eigenvalue weighted by atomic mass is 9.41. The molecule has 7 aliphatic rings. The highest BCUT2D eigenvalue weighted by Gasteiger charge is 2.85. The second-order valence-electron chi connectivity index (χ2n) is 18.7. The predicted octanol–water partition coefficient (Wildman–Crippen LogP) is 5.65. The number of carbonyl (C=O) groups excluding carboxylic acids is 1. The molecule has 0 bridgehead atoms. The summed E-state index contributed by atoms with van der Waals surface area (Å²) in [4.78, 5) is 23.6. The summed E-state index contributed by atoms with van der Waals surface area (Å²) < 4.78 is 25.0. The van der Waals surface area contributed by atoms with Crippen LogP contribution in [0.15, 0.2) is 18.5 Å². The van der Waals surface area contributed by atoms with Crippen LogP contribution >= 0.6 is 0 Å². The highest BCUT2D eigenvalue weighted by Crippen LogP contribution is 2.89. The van der Waals surface area contributed by atoms with Gasteiger partial charge < -0.3 is 34.1 Å². The second-order valence-corrected chi connectivity index (χ2v) is 18.7. The maximum atomic E-state index is 13.2. The van der Waals surface area contributed by atoms with Crippen molar-refractivity contribution in [3.63, 3.8) is 0 Å². The first-order chi connectivity index (χ1) is 23.1. The molecule has 13 atom stereocenters. The van der Waals surface area contributed by atoms with Gasteiger partial charge in [0.15, 0.2) is 6.10 Å². The Hall–Kier alpha value is -2.01. The van der Waals surface area contributed by atoms with E-state index in [1.165, 1.54) is 12.8 Å². The zero-order valence-corrected chi connectivity index (χ0v) is 30.7. The molecule has 2 aliphatic heterocycles. The van der Waals surface area contributed by atoms with E-state index in [9.17, 15) is 15.0 Å². The molecular formula is C39H59N3O7. The molecule has 3 heterocycles. The second kappa shape index (κ2) is 11.2. The molecule has 5 saturated carbocycles. The lowest BCUT2D eigenvalue weighted by molar-refractivity contribution is -0.197. The van der Waals surface area contributed by atoms with Gasteiger partial charge in [-0.1, -0.05) is 34.6 Å². The van der Waals surface area contributed by atoms with E-state index < -0.39 is 23.9 Å². The van der Waals surface area contributed by atoms with Gasteiger partial charge in [-0.2, -0.15) is 0 Å². The number of ether oxygens (including phenoxy) is 4. The summed E-state index contributed by atoms with van der Waals surface area (Å²) in [7, 11) is 0. The van der Waals surface area contributed by atoms with Crippen LogP contribution in [0.1, 0.15) is 99.8 Å². The van der Waals surface area contributed by atoms with Gasteiger partial charge in [0.05, 0.1) is 37.1 Å². The van der Waals surface area contributed by atoms with Gasteiger partial charge >= 0.3 is 12.1 Å². The number of hydrogen-bond acceptors (Lipinski definition) is 9. The van der Waals surface area contributed by atoms with Crippen LogP contribution < -0.4 is 4.74 Å². The molecule has 49 heavy (non-hydrogen) atoms. The van der Waals surface area contributed by atoms with Crippen LogP contribution in [0.3, 0.4) is 0 Å². The van der Waals surface area contributed by atoms with Crippen molar-refractivity contribution in [2.75, 3.05) is 26.3 Å². The maximum absolute atomic E-state index is 13.2. The van der Waals surface area contributed by atoms with Crippen molar-refractivity contribution in [1.82, 2.24) is 14.9 Å². The van der Waals surface area contributed by atoms with Crippen LogP contribution in [0.2, 0.25) is 0 Å². The average molecular weight is 682 g/mol. The minimum absolute atomic E-state index is 0.0674. The predicted molar refractivity (Wildman–Crippen MR) is 182 cm³/mol. The molecule has 2 N–H and O–H groups in total. The van der Waals surface area contributed by atoms with E-state index in [4.69, 9.17) is 18.9 Å². The summed E-state index contributed by atoms with van der Waals surface area (Å²) in [6.45, 7) is 17.7. The van der Waals surface area contributed by atoms with Gasteiger partial charge in [-0.25, -0.2) is 14.8 Å². The van der Waals surface area contributed by atoms with Crippen molar-refractivity contribution < 1.29 is 34.0 Å². The fourth-order valence-corrected chi connectivity index (χ4v) is 13.8. The number of aromatic nitrogens is 2. The van der Waals surface area contributed by atoms with Crippen molar-refractivity contribution >= 4 is 6.09 Å². The molecule has 272 valence electrons. The van der Waals surface area contributed by atoms with E-state index in [2.05, 4.69) is 44.6 Å². The molecule has 2 spiro atoms. The lowest BCUT2D eigenvalue weighted by Gasteiger charge is -2.63. The number of aliphatic hydroxyl groups excluding tert-OH is 1. The van der Waals surface area contributed by atoms with E-state index in [0.717, 1.165) is 38.5 Å². The van der Waals surface area contributed by atoms with Crippen molar-refractivity contribution in [3.8, 4) is 6.01 Å². The van der Waals surface area contributed by atoms with Crippen LogP contribution in [0.25, 0.3) is 0 Å². The third kappa shape index (κ3) is 4.67. The van der Waals surface area contributed by atoms with E-state index in [1.54, 1.807) is 32.3 Å². The molecule has 7 fully saturated rings. The van der Waals surface area contributed by atoms with Crippen LogP contribution in [-0.4, -0.2) is 93.6 Å². The molecule has 0 radical (unpaired) electrons. The number of aliphatic hydroxyl groups is 2. The van der Waals surface area contributed by atoms with Crippen LogP contribution in [-0.2, 0) is 14.2 Å². The molecule has 1 amide bonds. The third-order valence-corrected chi connectivity index (χ3v) is 16.1. The Bertz CT molecular complexity index is 1430. The monoisotopic (exact) mass is 681 g/mol. The molecule has 10 heteroatoms. The summed E-state index contributed by atoms with van der Waals surface area (Å²) in [5.74, 6) is 1.40. The number of fused-ring (bicyclic) bond motifs is 4. The number of rotatable bonds is 5. The highest BCUT2D eigenvalue weighted by atomic mass is 16.6. The SMILES string of the molecule is C[C@@H]1C[C@H]([C@H](Oc2ncccn2)C(C)(C)O)O[C@H]2[C@@H]1[C@@]1(C)CC[C@@]34C[C@@]35CC[C@H](OC(=O)N3CCOCC3)C(C)(C)[C@@H]5CC[C@H]4[C@]1(C)[C@H]2O. The average Bonchev–Trinajstić information content (AvgIpc) is 3.70. The first-order valence-electron chi connectivity index (χ1n) is 19.1. The van der Waals surface area contributed by atoms with Gasteiger partial charge in [0.25, 0.3) is 0 Å². The Morgan fingerprint density at radius 1 is 1.02 bits per heavy atom. The summed E-state index contributed by atoms with van der Waals surface area (Å²) >= 11 is 0. The number of morpholine rings is 1. The number of hydrogen-bond donors (Lipinski definition) is 2. The molecule has 0 aromatic carbocycles. The van der Waals surface area contributed by atoms with E-state index in [0.29, 0.717) is 38.1 Å². The first kappa shape index (κ1) is 34.1. The molecular weight excluding hydrogens is 622 g/mol. The number of carbonyl (C=O) groups is 1. The van der Waals surface area contributed by atoms with E-state index >= 15 is 0 Å². The Morgan fingerprint density at radius 3 is 2.39 bits per heavy atom. The Kier molecular flexibility index (Phi) is 7.82. The summed E-state index contributed by atoms with van der Waals surface area (Å²) in [6.07, 6.45) is 9.39. The van der Waals surface area contributed by atoms with Crippen molar-refractivity contribution in [2.24, 2.45) is 50.7 Å². The Balaban J connectivity index is 1.05. The molecule has 10 nitrogen and oxygen atoms in total. The van der Waals surface area contributed by atoms with Crippen LogP contribution in [0.4, 0.5) is 4.79 Å². The lowest BCUT2D eigenvalue weighted by Crippen LogP contribution is -2.60. The van der Waals surface area contributed by atoms with Crippen molar-refractivity contribution in [1.29, 1.82) is 0 Å². The van der Waals surface area contributed by atoms with Gasteiger partial charge in [-0.3, -0.25) is 0 Å². The van der Waals surface area contributed by atoms with Crippen molar-refractivity contribution in [3.05, 3.63) is 18.5 Å². The first-order valence-corrected chi connectivity index (χ1v) is 19.1. The normalized spacial score (nSPS) is 47.4. The number of nitrogens with zero attached hydrogens (tertiary/aromatic N) is 3. The fraction of sp³-hybridized carbons (Fsp3) is 0.872. The van der Waals surface area contributed by atoms with Gasteiger partial charge in [-0.15, -0.1) is 0 Å². The van der Waals surface area contributed by atoms with E-state index in [-0.39, 0.29) is 63.2 Å². The minimum Gasteiger partial charge on any atom is -0.454 e. The standard InChI is InChI=1S/C39H59N3O7/c1-23-21-24(31(35(4,5)45)49-32-40-15-8-16-41-32)47-29-28(23)36(6)13-14-39-22-38(39)12-11-27(48-33(44)42-17-19-46-20-18-42)34(2,3)25(38)9-10-26(39)37(36,7)30(29)43/h8,15-16,23-31,43,45H,9-14,17-22H2,1-7H3/t23-,24-,25+,26+,27+,28-,29+,30+,31+,36-,37-,38-,39+/m1/s1. The molecule has 1 aromatic rings. The van der Waals surface area contributed by atoms with Gasteiger partial charge in [0.1, 0.15) is 6.10 Å². The Labute approximate surface area is 292 Å². The van der Waals surface area contributed by atoms with Crippen LogP contribution in [0.5, 0.6) is 6.01 Å². The topological polar surface area (TPSA) is 123 Å². The zero-order chi connectivity index (χ0) is 34.8. The van der Waals surface area contributed by atoms with Gasteiger partial charge in [0, 0.05) is 36.3 Å². The molecule has 2 saturated heterocycles.